The molecule has 0 saturated carbocycles. The van der Waals surface area contributed by atoms with Gasteiger partial charge in [0.05, 0.1) is 27.7 Å². The summed E-state index contributed by atoms with van der Waals surface area (Å²) in [5.74, 6) is -0.723. The molecule has 1 aromatic heterocycles. The number of para-hydroxylation sites is 1. The lowest BCUT2D eigenvalue weighted by molar-refractivity contribution is -0.137. The zero-order valence-corrected chi connectivity index (χ0v) is 11.4. The van der Waals surface area contributed by atoms with Crippen molar-refractivity contribution in [1.29, 1.82) is 0 Å². The van der Waals surface area contributed by atoms with E-state index in [4.69, 9.17) is 0 Å². The normalized spacial score (nSPS) is 13.3. The van der Waals surface area contributed by atoms with Crippen LogP contribution in [0.1, 0.15) is 21.7 Å². The molecule has 0 N–H and O–H groups in total. The van der Waals surface area contributed by atoms with Crippen molar-refractivity contribution in [3.05, 3.63) is 69.8 Å². The largest absolute Gasteiger partial charge is 0.416 e. The average molecular weight is 316 g/mol. The Morgan fingerprint density at radius 3 is 2.48 bits per heavy atom. The molecular formula is C16H7F3N2O2. The van der Waals surface area contributed by atoms with Crippen LogP contribution in [0.3, 0.4) is 0 Å². The van der Waals surface area contributed by atoms with Crippen LogP contribution in [0.15, 0.2) is 47.3 Å². The molecular weight excluding hydrogens is 309 g/mol. The van der Waals surface area contributed by atoms with E-state index in [0.29, 0.717) is 5.52 Å². The first-order chi connectivity index (χ1) is 10.9. The van der Waals surface area contributed by atoms with Crippen LogP contribution in [-0.4, -0.2) is 15.3 Å². The summed E-state index contributed by atoms with van der Waals surface area (Å²) in [6, 6.07) is 9.11. The van der Waals surface area contributed by atoms with Crippen LogP contribution in [0.5, 0.6) is 0 Å². The Morgan fingerprint density at radius 1 is 1.00 bits per heavy atom. The number of carbonyl (C=O) groups is 1. The van der Waals surface area contributed by atoms with Gasteiger partial charge in [-0.05, 0) is 30.3 Å². The zero-order chi connectivity index (χ0) is 16.4. The number of benzene rings is 2. The maximum Gasteiger partial charge on any atom is 0.416 e. The molecule has 0 bridgehead atoms. The zero-order valence-electron chi connectivity index (χ0n) is 11.4. The summed E-state index contributed by atoms with van der Waals surface area (Å²) >= 11 is 0. The number of fused-ring (bicyclic) bond motifs is 4. The van der Waals surface area contributed by atoms with Crippen molar-refractivity contribution in [1.82, 2.24) is 9.55 Å². The third-order valence-corrected chi connectivity index (χ3v) is 3.79. The number of hydrogen-bond acceptors (Lipinski definition) is 3. The minimum absolute atomic E-state index is 0.0397. The molecule has 2 heterocycles. The van der Waals surface area contributed by atoms with Crippen molar-refractivity contribution in [2.24, 2.45) is 0 Å². The van der Waals surface area contributed by atoms with Gasteiger partial charge in [0.1, 0.15) is 0 Å². The second kappa shape index (κ2) is 4.28. The van der Waals surface area contributed by atoms with Crippen molar-refractivity contribution < 1.29 is 18.0 Å². The predicted molar refractivity (Wildman–Crippen MR) is 75.8 cm³/mol. The van der Waals surface area contributed by atoms with Crippen molar-refractivity contribution in [3.8, 4) is 5.69 Å². The third-order valence-electron chi connectivity index (χ3n) is 3.79. The number of rotatable bonds is 0. The molecule has 0 atom stereocenters. The highest BCUT2D eigenvalue weighted by Crippen LogP contribution is 2.34. The molecule has 0 fully saturated rings. The second-order valence-electron chi connectivity index (χ2n) is 5.15. The summed E-state index contributed by atoms with van der Waals surface area (Å²) in [7, 11) is 0. The summed E-state index contributed by atoms with van der Waals surface area (Å²) in [5.41, 5.74) is -1.18. The third kappa shape index (κ3) is 1.82. The van der Waals surface area contributed by atoms with E-state index in [0.717, 1.165) is 22.8 Å². The first-order valence-electron chi connectivity index (χ1n) is 6.66. The van der Waals surface area contributed by atoms with Crippen LogP contribution >= 0.6 is 0 Å². The minimum Gasteiger partial charge on any atom is -0.285 e. The van der Waals surface area contributed by atoms with Crippen LogP contribution in [0.2, 0.25) is 0 Å². The van der Waals surface area contributed by atoms with Gasteiger partial charge in [0.2, 0.25) is 5.78 Å². The van der Waals surface area contributed by atoms with Gasteiger partial charge in [0.25, 0.3) is 5.56 Å². The molecule has 0 unspecified atom stereocenters. The Balaban J connectivity index is 2.10. The molecule has 0 spiro atoms. The molecule has 114 valence electrons. The quantitative estimate of drug-likeness (QED) is 0.501. The van der Waals surface area contributed by atoms with Crippen LogP contribution < -0.4 is 5.56 Å². The number of nitrogens with zero attached hydrogens (tertiary/aromatic N) is 2. The van der Waals surface area contributed by atoms with Crippen molar-refractivity contribution in [3.63, 3.8) is 0 Å². The molecule has 7 heteroatoms. The molecule has 0 saturated heterocycles. The number of hydrogen-bond donors (Lipinski definition) is 0. The lowest BCUT2D eigenvalue weighted by Crippen LogP contribution is -2.21. The molecule has 1 aliphatic rings. The molecule has 4 rings (SSSR count). The number of alkyl halides is 3. The predicted octanol–water partition coefficient (Wildman–Crippen LogP) is 2.95. The molecule has 2 aromatic carbocycles. The van der Waals surface area contributed by atoms with Gasteiger partial charge in [-0.25, -0.2) is 4.98 Å². The van der Waals surface area contributed by atoms with Crippen LogP contribution in [-0.2, 0) is 6.18 Å². The average Bonchev–Trinajstić information content (AvgIpc) is 2.80. The van der Waals surface area contributed by atoms with E-state index in [1.54, 1.807) is 18.2 Å². The van der Waals surface area contributed by atoms with Crippen molar-refractivity contribution in [2.75, 3.05) is 0 Å². The van der Waals surface area contributed by atoms with Crippen molar-refractivity contribution in [2.45, 2.75) is 6.18 Å². The van der Waals surface area contributed by atoms with E-state index in [1.165, 1.54) is 6.07 Å². The summed E-state index contributed by atoms with van der Waals surface area (Å²) in [6.45, 7) is 0. The van der Waals surface area contributed by atoms with Gasteiger partial charge in [0.15, 0.2) is 5.82 Å². The van der Waals surface area contributed by atoms with Crippen LogP contribution in [0.25, 0.3) is 16.6 Å². The second-order valence-corrected chi connectivity index (χ2v) is 5.15. The Bertz CT molecular complexity index is 1050. The fourth-order valence-corrected chi connectivity index (χ4v) is 2.71. The summed E-state index contributed by atoms with van der Waals surface area (Å²) in [6.07, 6.45) is -4.56. The Labute approximate surface area is 126 Å². The van der Waals surface area contributed by atoms with E-state index in [-0.39, 0.29) is 22.5 Å². The fraction of sp³-hybridized carbons (Fsp3) is 0.0625. The topological polar surface area (TPSA) is 52.0 Å². The highest BCUT2D eigenvalue weighted by atomic mass is 19.4. The number of halogens is 3. The summed E-state index contributed by atoms with van der Waals surface area (Å²) < 4.78 is 39.6. The molecule has 0 aliphatic carbocycles. The van der Waals surface area contributed by atoms with Gasteiger partial charge in [-0.1, -0.05) is 12.1 Å². The SMILES string of the molecule is O=C1c2ccc(C(F)(F)F)cc2-n2c1nc1ccccc1c2=O. The highest BCUT2D eigenvalue weighted by molar-refractivity contribution is 6.13. The smallest absolute Gasteiger partial charge is 0.285 e. The fourth-order valence-electron chi connectivity index (χ4n) is 2.71. The highest BCUT2D eigenvalue weighted by Gasteiger charge is 2.35. The maximum absolute atomic E-state index is 12.9. The molecule has 1 aliphatic heterocycles. The monoisotopic (exact) mass is 316 g/mol. The molecule has 4 nitrogen and oxygen atoms in total. The summed E-state index contributed by atoms with van der Waals surface area (Å²) in [5, 5.41) is 0.245. The van der Waals surface area contributed by atoms with Gasteiger partial charge in [0, 0.05) is 0 Å². The van der Waals surface area contributed by atoms with Crippen LogP contribution in [0.4, 0.5) is 13.2 Å². The standard InChI is InChI=1S/C16H7F3N2O2/c17-16(18,19)8-5-6-10-12(7-8)21-14(13(10)22)20-11-4-2-1-3-9(11)15(21)23/h1-7H. The lowest BCUT2D eigenvalue weighted by atomic mass is 10.1. The Kier molecular flexibility index (Phi) is 2.55. The molecule has 23 heavy (non-hydrogen) atoms. The van der Waals surface area contributed by atoms with Crippen LogP contribution in [0, 0.1) is 0 Å². The van der Waals surface area contributed by atoms with Gasteiger partial charge in [-0.15, -0.1) is 0 Å². The first kappa shape index (κ1) is 13.7. The number of ketones is 1. The summed E-state index contributed by atoms with van der Waals surface area (Å²) in [4.78, 5) is 29.1. The lowest BCUT2D eigenvalue weighted by Gasteiger charge is -2.09. The van der Waals surface area contributed by atoms with Gasteiger partial charge in [-0.3, -0.25) is 14.2 Å². The minimum atomic E-state index is -4.56. The molecule has 3 aromatic rings. The van der Waals surface area contributed by atoms with Gasteiger partial charge < -0.3 is 0 Å². The maximum atomic E-state index is 12.9. The van der Waals surface area contributed by atoms with Gasteiger partial charge in [-0.2, -0.15) is 13.2 Å². The first-order valence-corrected chi connectivity index (χ1v) is 6.66. The Hall–Kier alpha value is -2.96. The van der Waals surface area contributed by atoms with E-state index < -0.39 is 23.1 Å². The number of aromatic nitrogens is 2. The number of carbonyl (C=O) groups excluding carboxylic acids is 1. The molecule has 0 radical (unpaired) electrons. The van der Waals surface area contributed by atoms with E-state index in [9.17, 15) is 22.8 Å². The Morgan fingerprint density at radius 2 is 1.74 bits per heavy atom. The van der Waals surface area contributed by atoms with E-state index in [2.05, 4.69) is 4.98 Å². The molecule has 0 amide bonds. The van der Waals surface area contributed by atoms with E-state index >= 15 is 0 Å². The van der Waals surface area contributed by atoms with E-state index in [1.807, 2.05) is 0 Å². The van der Waals surface area contributed by atoms with Gasteiger partial charge >= 0.3 is 6.18 Å². The van der Waals surface area contributed by atoms with Crippen molar-refractivity contribution >= 4 is 16.7 Å².